The predicted molar refractivity (Wildman–Crippen MR) is 76.9 cm³/mol. The predicted octanol–water partition coefficient (Wildman–Crippen LogP) is 0.932. The summed E-state index contributed by atoms with van der Waals surface area (Å²) in [6, 6.07) is 3.47. The molecule has 2 rings (SSSR count). The quantitative estimate of drug-likeness (QED) is 0.850. The molecule has 21 heavy (non-hydrogen) atoms. The summed E-state index contributed by atoms with van der Waals surface area (Å²) in [5.41, 5.74) is 7.95. The van der Waals surface area contributed by atoms with Crippen molar-refractivity contribution >= 4 is 10.0 Å². The third kappa shape index (κ3) is 3.46. The molecule has 0 unspecified atom stereocenters. The lowest BCUT2D eigenvalue weighted by atomic mass is 10.1. The van der Waals surface area contributed by atoms with Crippen molar-refractivity contribution in [2.75, 3.05) is 0 Å². The molecule has 0 saturated carbocycles. The van der Waals surface area contributed by atoms with E-state index in [4.69, 9.17) is 10.3 Å². The number of hydrogen-bond donors (Lipinski definition) is 2. The molecule has 0 fully saturated rings. The summed E-state index contributed by atoms with van der Waals surface area (Å²) in [6.45, 7) is 5.52. The largest absolute Gasteiger partial charge is 0.338 e. The van der Waals surface area contributed by atoms with Gasteiger partial charge in [-0.15, -0.1) is 0 Å². The van der Waals surface area contributed by atoms with E-state index in [0.717, 1.165) is 11.1 Å². The van der Waals surface area contributed by atoms with Crippen LogP contribution in [-0.4, -0.2) is 18.6 Å². The third-order valence-corrected chi connectivity index (χ3v) is 4.72. The Balaban J connectivity index is 2.29. The van der Waals surface area contributed by atoms with Crippen molar-refractivity contribution < 1.29 is 12.9 Å². The Morgan fingerprint density at radius 2 is 2.00 bits per heavy atom. The van der Waals surface area contributed by atoms with Crippen LogP contribution in [0.5, 0.6) is 0 Å². The van der Waals surface area contributed by atoms with Crippen molar-refractivity contribution in [1.82, 2.24) is 14.9 Å². The van der Waals surface area contributed by atoms with Gasteiger partial charge in [-0.05, 0) is 43.5 Å². The van der Waals surface area contributed by atoms with E-state index < -0.39 is 10.0 Å². The van der Waals surface area contributed by atoms with Gasteiger partial charge in [0.25, 0.3) is 0 Å². The van der Waals surface area contributed by atoms with Crippen molar-refractivity contribution in [2.45, 2.75) is 38.8 Å². The maximum absolute atomic E-state index is 12.4. The Bertz CT molecular complexity index is 753. The van der Waals surface area contributed by atoms with E-state index in [1.807, 2.05) is 13.0 Å². The molecule has 0 amide bonds. The maximum atomic E-state index is 12.4. The van der Waals surface area contributed by atoms with Gasteiger partial charge in [0.1, 0.15) is 0 Å². The monoisotopic (exact) mass is 310 g/mol. The van der Waals surface area contributed by atoms with E-state index in [9.17, 15) is 8.42 Å². The number of aromatic nitrogens is 2. The molecule has 3 N–H and O–H groups in total. The fourth-order valence-corrected chi connectivity index (χ4v) is 3.28. The number of nitrogens with two attached hydrogens (primary N) is 1. The average Bonchev–Trinajstić information content (AvgIpc) is 2.85. The van der Waals surface area contributed by atoms with Crippen molar-refractivity contribution in [3.05, 3.63) is 40.5 Å². The molecule has 0 aliphatic rings. The summed E-state index contributed by atoms with van der Waals surface area (Å²) in [6.07, 6.45) is 0. The summed E-state index contributed by atoms with van der Waals surface area (Å²) < 4.78 is 32.2. The molecule has 0 atom stereocenters. The minimum absolute atomic E-state index is 0.0471. The van der Waals surface area contributed by atoms with Crippen LogP contribution in [0.15, 0.2) is 21.6 Å². The average molecular weight is 310 g/mol. The van der Waals surface area contributed by atoms with Gasteiger partial charge in [0.2, 0.25) is 15.9 Å². The van der Waals surface area contributed by atoms with Crippen LogP contribution < -0.4 is 10.5 Å². The Morgan fingerprint density at radius 3 is 2.57 bits per heavy atom. The highest BCUT2D eigenvalue weighted by atomic mass is 32.2. The van der Waals surface area contributed by atoms with Crippen LogP contribution in [0.25, 0.3) is 0 Å². The number of sulfonamides is 1. The van der Waals surface area contributed by atoms with E-state index in [1.165, 1.54) is 0 Å². The van der Waals surface area contributed by atoms with E-state index in [0.29, 0.717) is 11.4 Å². The van der Waals surface area contributed by atoms with Crippen LogP contribution >= 0.6 is 0 Å². The molecule has 8 heteroatoms. The molecule has 0 saturated heterocycles. The van der Waals surface area contributed by atoms with E-state index in [2.05, 4.69) is 14.9 Å². The first kappa shape index (κ1) is 15.6. The molecule has 1 aromatic carbocycles. The zero-order chi connectivity index (χ0) is 15.6. The van der Waals surface area contributed by atoms with Crippen LogP contribution in [0.1, 0.15) is 28.4 Å². The first-order valence-corrected chi connectivity index (χ1v) is 7.91. The van der Waals surface area contributed by atoms with Gasteiger partial charge in [0.15, 0.2) is 5.82 Å². The number of nitrogens with one attached hydrogen (secondary N) is 1. The smallest absolute Gasteiger partial charge is 0.241 e. The van der Waals surface area contributed by atoms with Gasteiger partial charge in [0.05, 0.1) is 11.4 Å². The summed E-state index contributed by atoms with van der Waals surface area (Å²) in [5.74, 6) is 0.682. The van der Waals surface area contributed by atoms with Crippen LogP contribution in [-0.2, 0) is 23.1 Å². The molecule has 1 aromatic heterocycles. The van der Waals surface area contributed by atoms with Gasteiger partial charge >= 0.3 is 0 Å². The number of aryl methyl sites for hydroxylation is 2. The highest BCUT2D eigenvalue weighted by Gasteiger charge is 2.19. The van der Waals surface area contributed by atoms with Crippen LogP contribution in [0.3, 0.4) is 0 Å². The summed E-state index contributed by atoms with van der Waals surface area (Å²) in [5, 5.41) is 3.61. The lowest BCUT2D eigenvalue weighted by molar-refractivity contribution is 0.372. The van der Waals surface area contributed by atoms with Gasteiger partial charge < -0.3 is 10.3 Å². The molecule has 2 aromatic rings. The number of hydrogen-bond acceptors (Lipinski definition) is 6. The molecule has 0 radical (unpaired) electrons. The molecular formula is C13H18N4O3S. The minimum Gasteiger partial charge on any atom is -0.338 e. The van der Waals surface area contributed by atoms with Crippen LogP contribution in [0, 0.1) is 20.8 Å². The molecule has 0 aliphatic carbocycles. The van der Waals surface area contributed by atoms with E-state index in [-0.39, 0.29) is 23.9 Å². The van der Waals surface area contributed by atoms with E-state index in [1.54, 1.807) is 19.9 Å². The molecular weight excluding hydrogens is 292 g/mol. The summed E-state index contributed by atoms with van der Waals surface area (Å²) >= 11 is 0. The summed E-state index contributed by atoms with van der Waals surface area (Å²) in [4.78, 5) is 4.18. The minimum atomic E-state index is -3.67. The highest BCUT2D eigenvalue weighted by molar-refractivity contribution is 7.89. The second kappa shape index (κ2) is 5.92. The number of rotatable bonds is 5. The fraction of sp³-hybridized carbons (Fsp3) is 0.385. The molecule has 114 valence electrons. The number of nitrogens with zero attached hydrogens (tertiary/aromatic N) is 2. The Hall–Kier alpha value is -1.77. The van der Waals surface area contributed by atoms with Crippen molar-refractivity contribution in [3.63, 3.8) is 0 Å². The fourth-order valence-electron chi connectivity index (χ4n) is 1.94. The maximum Gasteiger partial charge on any atom is 0.241 e. The molecule has 0 aliphatic heterocycles. The van der Waals surface area contributed by atoms with Crippen molar-refractivity contribution in [2.24, 2.45) is 5.73 Å². The topological polar surface area (TPSA) is 111 Å². The first-order valence-electron chi connectivity index (χ1n) is 6.42. The third-order valence-electron chi connectivity index (χ3n) is 3.19. The first-order chi connectivity index (χ1) is 9.83. The van der Waals surface area contributed by atoms with Gasteiger partial charge in [0, 0.05) is 6.54 Å². The zero-order valence-corrected chi connectivity index (χ0v) is 13.0. The lowest BCUT2D eigenvalue weighted by Gasteiger charge is -2.12. The second-order valence-corrected chi connectivity index (χ2v) is 6.54. The molecule has 0 bridgehead atoms. The molecule has 0 spiro atoms. The lowest BCUT2D eigenvalue weighted by Crippen LogP contribution is -2.24. The van der Waals surface area contributed by atoms with Gasteiger partial charge in [-0.2, -0.15) is 4.98 Å². The molecule has 1 heterocycles. The Morgan fingerprint density at radius 1 is 1.29 bits per heavy atom. The van der Waals surface area contributed by atoms with Gasteiger partial charge in [-0.3, -0.25) is 0 Å². The second-order valence-electron chi connectivity index (χ2n) is 4.80. The van der Waals surface area contributed by atoms with E-state index >= 15 is 0 Å². The highest BCUT2D eigenvalue weighted by Crippen LogP contribution is 2.21. The van der Waals surface area contributed by atoms with Gasteiger partial charge in [-0.25, -0.2) is 13.1 Å². The van der Waals surface area contributed by atoms with Crippen molar-refractivity contribution in [3.8, 4) is 0 Å². The standard InChI is InChI=1S/C13H18N4O3S/c1-8-4-11(6-14)5-12(9(8)2)21(18,19)15-7-13-16-10(3)17-20-13/h4-5,15H,6-7,14H2,1-3H3. The van der Waals surface area contributed by atoms with Gasteiger partial charge in [-0.1, -0.05) is 11.2 Å². The zero-order valence-electron chi connectivity index (χ0n) is 12.2. The SMILES string of the molecule is Cc1noc(CNS(=O)(=O)c2cc(CN)cc(C)c2C)n1. The van der Waals surface area contributed by atoms with Crippen LogP contribution in [0.2, 0.25) is 0 Å². The Labute approximate surface area is 123 Å². The normalized spacial score (nSPS) is 11.8. The van der Waals surface area contributed by atoms with Crippen molar-refractivity contribution in [1.29, 1.82) is 0 Å². The number of benzene rings is 1. The Kier molecular flexibility index (Phi) is 4.40. The summed E-state index contributed by atoms with van der Waals surface area (Å²) in [7, 11) is -3.67. The van der Waals surface area contributed by atoms with Crippen LogP contribution in [0.4, 0.5) is 0 Å². The molecule has 7 nitrogen and oxygen atoms in total.